The predicted octanol–water partition coefficient (Wildman–Crippen LogP) is 3.67. The Hall–Kier alpha value is -0.870. The highest BCUT2D eigenvalue weighted by atomic mass is 79.9. The summed E-state index contributed by atoms with van der Waals surface area (Å²) in [4.78, 5) is 0. The van der Waals surface area contributed by atoms with Gasteiger partial charge in [-0.25, -0.2) is 0 Å². The second-order valence-corrected chi connectivity index (χ2v) is 5.89. The maximum atomic E-state index is 10.2. The molecule has 16 heavy (non-hydrogen) atoms. The number of rotatable bonds is 1. The molecule has 1 aromatic heterocycles. The molecule has 3 nitrogen and oxygen atoms in total. The summed E-state index contributed by atoms with van der Waals surface area (Å²) in [7, 11) is 0. The van der Waals surface area contributed by atoms with Gasteiger partial charge >= 0.3 is 0 Å². The van der Waals surface area contributed by atoms with Crippen molar-refractivity contribution in [3.63, 3.8) is 0 Å². The van der Waals surface area contributed by atoms with E-state index >= 15 is 0 Å². The third-order valence-corrected chi connectivity index (χ3v) is 3.03. The molecular formula is C12H14BrNO2. The van der Waals surface area contributed by atoms with Crippen LogP contribution in [-0.2, 0) is 0 Å². The van der Waals surface area contributed by atoms with Crippen LogP contribution in [-0.4, -0.2) is 10.3 Å². The number of halogens is 1. The van der Waals surface area contributed by atoms with E-state index in [1.165, 1.54) is 0 Å². The van der Waals surface area contributed by atoms with Crippen molar-refractivity contribution in [3.8, 4) is 0 Å². The summed E-state index contributed by atoms with van der Waals surface area (Å²) < 4.78 is 6.14. The second kappa shape index (κ2) is 3.86. The van der Waals surface area contributed by atoms with Gasteiger partial charge in [-0.1, -0.05) is 41.9 Å². The van der Waals surface area contributed by atoms with E-state index in [1.807, 2.05) is 39.0 Å². The van der Waals surface area contributed by atoms with E-state index in [1.54, 1.807) is 0 Å². The molecule has 0 aliphatic carbocycles. The second-order valence-electron chi connectivity index (χ2n) is 4.98. The number of aliphatic hydroxyl groups excluding tert-OH is 1. The molecule has 1 heterocycles. The van der Waals surface area contributed by atoms with Crippen molar-refractivity contribution in [2.75, 3.05) is 0 Å². The van der Waals surface area contributed by atoms with Crippen molar-refractivity contribution in [2.24, 2.45) is 5.41 Å². The number of fused-ring (bicyclic) bond motifs is 1. The maximum Gasteiger partial charge on any atom is 0.168 e. The highest BCUT2D eigenvalue weighted by Crippen LogP contribution is 2.36. The lowest BCUT2D eigenvalue weighted by Gasteiger charge is -2.23. The zero-order valence-electron chi connectivity index (χ0n) is 9.49. The Morgan fingerprint density at radius 2 is 2.06 bits per heavy atom. The summed E-state index contributed by atoms with van der Waals surface area (Å²) in [6.45, 7) is 5.91. The van der Waals surface area contributed by atoms with Gasteiger partial charge in [0.05, 0.1) is 0 Å². The average molecular weight is 284 g/mol. The minimum atomic E-state index is -0.630. The number of hydrogen-bond donors (Lipinski definition) is 1. The number of nitrogens with zero attached hydrogens (tertiary/aromatic N) is 1. The van der Waals surface area contributed by atoms with Gasteiger partial charge in [0.25, 0.3) is 0 Å². The first-order chi connectivity index (χ1) is 7.39. The topological polar surface area (TPSA) is 46.3 Å². The zero-order chi connectivity index (χ0) is 11.9. The third-order valence-electron chi connectivity index (χ3n) is 2.54. The fourth-order valence-electron chi connectivity index (χ4n) is 1.54. The lowest BCUT2D eigenvalue weighted by molar-refractivity contribution is 0.0572. The molecule has 0 spiro atoms. The Morgan fingerprint density at radius 3 is 2.69 bits per heavy atom. The molecule has 0 aliphatic rings. The highest BCUT2D eigenvalue weighted by molar-refractivity contribution is 9.10. The van der Waals surface area contributed by atoms with E-state index in [0.29, 0.717) is 11.3 Å². The van der Waals surface area contributed by atoms with Gasteiger partial charge in [-0.3, -0.25) is 0 Å². The Balaban J connectivity index is 2.54. The maximum absolute atomic E-state index is 10.2. The number of aliphatic hydroxyl groups is 1. The first kappa shape index (κ1) is 11.6. The van der Waals surface area contributed by atoms with E-state index in [-0.39, 0.29) is 5.41 Å². The quantitative estimate of drug-likeness (QED) is 0.869. The van der Waals surface area contributed by atoms with Crippen LogP contribution in [0.2, 0.25) is 0 Å². The van der Waals surface area contributed by atoms with Crippen LogP contribution in [0.15, 0.2) is 27.2 Å². The molecule has 86 valence electrons. The van der Waals surface area contributed by atoms with Crippen LogP contribution in [0.1, 0.15) is 32.6 Å². The summed E-state index contributed by atoms with van der Waals surface area (Å²) in [6, 6.07) is 5.67. The lowest BCUT2D eigenvalue weighted by Crippen LogP contribution is -2.18. The van der Waals surface area contributed by atoms with Gasteiger partial charge < -0.3 is 9.63 Å². The first-order valence-electron chi connectivity index (χ1n) is 5.12. The third kappa shape index (κ3) is 1.99. The van der Waals surface area contributed by atoms with Crippen LogP contribution >= 0.6 is 15.9 Å². The molecule has 1 unspecified atom stereocenters. The minimum absolute atomic E-state index is 0.253. The lowest BCUT2D eigenvalue weighted by atomic mass is 9.86. The SMILES string of the molecule is CC(C)(C)C(O)c1noc2cc(Br)ccc12. The van der Waals surface area contributed by atoms with Gasteiger partial charge in [-0.15, -0.1) is 0 Å². The van der Waals surface area contributed by atoms with Gasteiger partial charge in [0, 0.05) is 9.86 Å². The summed E-state index contributed by atoms with van der Waals surface area (Å²) in [5.41, 5.74) is 1.04. The number of hydrogen-bond acceptors (Lipinski definition) is 3. The zero-order valence-corrected chi connectivity index (χ0v) is 11.1. The van der Waals surface area contributed by atoms with E-state index in [9.17, 15) is 5.11 Å². The molecule has 0 fully saturated rings. The Labute approximate surface area is 103 Å². The van der Waals surface area contributed by atoms with Crippen molar-refractivity contribution >= 4 is 26.9 Å². The van der Waals surface area contributed by atoms with Gasteiger partial charge in [0.2, 0.25) is 0 Å². The summed E-state index contributed by atoms with van der Waals surface area (Å²) in [5, 5.41) is 15.0. The number of benzene rings is 1. The summed E-state index contributed by atoms with van der Waals surface area (Å²) in [6.07, 6.45) is -0.630. The first-order valence-corrected chi connectivity index (χ1v) is 5.92. The van der Waals surface area contributed by atoms with Crippen LogP contribution in [0.4, 0.5) is 0 Å². The van der Waals surface area contributed by atoms with Gasteiger partial charge in [-0.2, -0.15) is 0 Å². The standard InChI is InChI=1S/C12H14BrNO2/c1-12(2,3)11(15)10-8-5-4-7(13)6-9(8)16-14-10/h4-6,11,15H,1-3H3. The Bertz CT molecular complexity index is 513. The van der Waals surface area contributed by atoms with Crippen molar-refractivity contribution in [2.45, 2.75) is 26.9 Å². The van der Waals surface area contributed by atoms with Gasteiger partial charge in [-0.05, 0) is 23.6 Å². The van der Waals surface area contributed by atoms with Crippen LogP contribution in [0.25, 0.3) is 11.0 Å². The smallest absolute Gasteiger partial charge is 0.168 e. The molecule has 0 aliphatic heterocycles. The molecule has 0 amide bonds. The minimum Gasteiger partial charge on any atom is -0.386 e. The molecule has 1 N–H and O–H groups in total. The molecule has 1 aromatic carbocycles. The monoisotopic (exact) mass is 283 g/mol. The fraction of sp³-hybridized carbons (Fsp3) is 0.417. The van der Waals surface area contributed by atoms with E-state index in [2.05, 4.69) is 21.1 Å². The van der Waals surface area contributed by atoms with E-state index in [4.69, 9.17) is 4.52 Å². The van der Waals surface area contributed by atoms with Crippen LogP contribution < -0.4 is 0 Å². The largest absolute Gasteiger partial charge is 0.386 e. The molecule has 1 atom stereocenters. The van der Waals surface area contributed by atoms with Crippen molar-refractivity contribution < 1.29 is 9.63 Å². The summed E-state index contributed by atoms with van der Waals surface area (Å²) >= 11 is 3.37. The fourth-order valence-corrected chi connectivity index (χ4v) is 1.88. The Kier molecular flexibility index (Phi) is 2.80. The van der Waals surface area contributed by atoms with Crippen LogP contribution in [0.3, 0.4) is 0 Å². The molecule has 0 saturated heterocycles. The molecule has 2 rings (SSSR count). The van der Waals surface area contributed by atoms with E-state index in [0.717, 1.165) is 9.86 Å². The van der Waals surface area contributed by atoms with Crippen molar-refractivity contribution in [3.05, 3.63) is 28.4 Å². The molecule has 0 saturated carbocycles. The molecule has 0 bridgehead atoms. The normalized spacial score (nSPS) is 14.3. The van der Waals surface area contributed by atoms with Gasteiger partial charge in [0.15, 0.2) is 5.58 Å². The molecule has 2 aromatic rings. The molecule has 4 heteroatoms. The summed E-state index contributed by atoms with van der Waals surface area (Å²) in [5.74, 6) is 0. The molecular weight excluding hydrogens is 270 g/mol. The highest BCUT2D eigenvalue weighted by Gasteiger charge is 2.28. The van der Waals surface area contributed by atoms with Crippen LogP contribution in [0.5, 0.6) is 0 Å². The van der Waals surface area contributed by atoms with Crippen molar-refractivity contribution in [1.29, 1.82) is 0 Å². The number of aromatic nitrogens is 1. The molecule has 0 radical (unpaired) electrons. The Morgan fingerprint density at radius 1 is 1.38 bits per heavy atom. The van der Waals surface area contributed by atoms with Gasteiger partial charge in [0.1, 0.15) is 11.8 Å². The predicted molar refractivity (Wildman–Crippen MR) is 66.1 cm³/mol. The van der Waals surface area contributed by atoms with Crippen LogP contribution in [0, 0.1) is 5.41 Å². The van der Waals surface area contributed by atoms with E-state index < -0.39 is 6.10 Å². The van der Waals surface area contributed by atoms with Crippen molar-refractivity contribution in [1.82, 2.24) is 5.16 Å². The average Bonchev–Trinajstić information content (AvgIpc) is 2.57.